The van der Waals surface area contributed by atoms with E-state index < -0.39 is 8.32 Å². The lowest BCUT2D eigenvalue weighted by Gasteiger charge is -2.69. The summed E-state index contributed by atoms with van der Waals surface area (Å²) < 4.78 is 7.30. The molecule has 3 aliphatic rings. The molecule has 37 heavy (non-hydrogen) atoms. The van der Waals surface area contributed by atoms with Gasteiger partial charge in [-0.2, -0.15) is 0 Å². The molecule has 0 unspecified atom stereocenters. The number of benzene rings is 2. The van der Waals surface area contributed by atoms with Gasteiger partial charge in [-0.15, -0.1) is 11.5 Å². The van der Waals surface area contributed by atoms with Crippen molar-refractivity contribution in [3.63, 3.8) is 0 Å². The Labute approximate surface area is 231 Å². The molecule has 5 rings (SSSR count). The molecule has 2 aromatic rings. The average molecular weight is 529 g/mol. The first-order chi connectivity index (χ1) is 17.3. The fraction of sp³-hybridized carbons (Fsp3) is 0.588. The summed E-state index contributed by atoms with van der Waals surface area (Å²) >= 11 is 0. The molecule has 0 aliphatic heterocycles. The van der Waals surface area contributed by atoms with Crippen molar-refractivity contribution in [2.75, 3.05) is 6.61 Å². The van der Waals surface area contributed by atoms with Crippen molar-refractivity contribution in [3.05, 3.63) is 60.7 Å². The summed E-state index contributed by atoms with van der Waals surface area (Å²) in [6.07, 6.45) is 3.65. The summed E-state index contributed by atoms with van der Waals surface area (Å²) in [4.78, 5) is 0. The topological polar surface area (TPSA) is 9.23 Å². The Morgan fingerprint density at radius 3 is 1.59 bits per heavy atom. The molecule has 2 radical (unpaired) electrons. The molecule has 3 aliphatic carbocycles. The van der Waals surface area contributed by atoms with Crippen molar-refractivity contribution in [2.24, 2.45) is 28.6 Å². The first-order valence-electron chi connectivity index (χ1n) is 14.4. The molecule has 0 heterocycles. The van der Waals surface area contributed by atoms with Gasteiger partial charge >= 0.3 is 0 Å². The Morgan fingerprint density at radius 2 is 1.22 bits per heavy atom. The molecule has 1 nitrogen and oxygen atoms in total. The van der Waals surface area contributed by atoms with E-state index >= 15 is 0 Å². The fourth-order valence-electron chi connectivity index (χ4n) is 8.01. The Bertz CT molecular complexity index is 1030. The summed E-state index contributed by atoms with van der Waals surface area (Å²) in [5, 5.41) is 3.11. The van der Waals surface area contributed by atoms with E-state index in [1.54, 1.807) is 0 Å². The van der Waals surface area contributed by atoms with Gasteiger partial charge in [0.15, 0.2) is 9.52 Å². The van der Waals surface area contributed by atoms with Gasteiger partial charge in [0, 0.05) is 12.0 Å². The maximum absolute atomic E-state index is 7.30. The quantitative estimate of drug-likeness (QED) is 0.241. The third-order valence-electron chi connectivity index (χ3n) is 9.62. The lowest BCUT2D eigenvalue weighted by atomic mass is 9.36. The summed E-state index contributed by atoms with van der Waals surface area (Å²) in [6, 6.07) is 22.1. The molecule has 0 N–H and O–H groups in total. The van der Waals surface area contributed by atoms with E-state index in [1.165, 1.54) is 29.6 Å². The summed E-state index contributed by atoms with van der Waals surface area (Å²) in [6.45, 7) is 22.4. The molecule has 3 saturated carbocycles. The van der Waals surface area contributed by atoms with Crippen LogP contribution in [0.2, 0.25) is 10.1 Å². The Hall–Kier alpha value is -1.61. The van der Waals surface area contributed by atoms with Gasteiger partial charge in [0.1, 0.15) is 0 Å². The Kier molecular flexibility index (Phi) is 7.81. The van der Waals surface area contributed by atoms with Crippen LogP contribution in [0.3, 0.4) is 0 Å². The van der Waals surface area contributed by atoms with Crippen LogP contribution in [0.5, 0.6) is 0 Å². The fourth-order valence-corrected chi connectivity index (χ4v) is 14.1. The van der Waals surface area contributed by atoms with E-state index in [0.717, 1.165) is 16.1 Å². The second-order valence-corrected chi connectivity index (χ2v) is 19.7. The zero-order valence-corrected chi connectivity index (χ0v) is 26.7. The largest absolute Gasteiger partial charge is 0.407 e. The molecule has 2 aromatic carbocycles. The highest BCUT2D eigenvalue weighted by molar-refractivity contribution is 6.99. The maximum atomic E-state index is 7.30. The highest BCUT2D eigenvalue weighted by atomic mass is 28.4. The monoisotopic (exact) mass is 528 g/mol. The highest BCUT2D eigenvalue weighted by Gasteiger charge is 2.68. The van der Waals surface area contributed by atoms with Gasteiger partial charge in [0.25, 0.3) is 8.32 Å². The zero-order valence-electron chi connectivity index (χ0n) is 24.7. The normalized spacial score (nSPS) is 23.5. The third-order valence-corrected chi connectivity index (χ3v) is 17.0. The molecule has 0 amide bonds. The van der Waals surface area contributed by atoms with Gasteiger partial charge < -0.3 is 4.43 Å². The van der Waals surface area contributed by atoms with Gasteiger partial charge in [-0.1, -0.05) is 123 Å². The van der Waals surface area contributed by atoms with E-state index in [9.17, 15) is 0 Å². The van der Waals surface area contributed by atoms with Crippen LogP contribution in [0, 0.1) is 40.0 Å². The number of hydrogen-bond donors (Lipinski definition) is 0. The minimum atomic E-state index is -2.46. The van der Waals surface area contributed by atoms with Crippen LogP contribution in [-0.4, -0.2) is 24.4 Å². The smallest absolute Gasteiger partial charge is 0.261 e. The zero-order chi connectivity index (χ0) is 27.1. The SMILES string of the molecule is CC(C)C([Si]C#CC12CC(CO[Si](c3ccccc3)(c3ccccc3)C(C)(C)C)(C1)C2)(C(C)C)C(C)C. The maximum Gasteiger partial charge on any atom is 0.261 e. The van der Waals surface area contributed by atoms with Crippen LogP contribution in [0.15, 0.2) is 60.7 Å². The molecular weight excluding hydrogens is 481 g/mol. The summed E-state index contributed by atoms with van der Waals surface area (Å²) in [5.74, 6) is 5.77. The summed E-state index contributed by atoms with van der Waals surface area (Å²) in [7, 11) is -1.74. The first kappa shape index (κ1) is 28.4. The average Bonchev–Trinajstić information content (AvgIpc) is 2.78. The van der Waals surface area contributed by atoms with Gasteiger partial charge in [-0.05, 0) is 62.9 Å². The standard InChI is InChI=1S/C34H48OSi2/c1-26(2)34(27(3)4,28(5)6)36-21-20-32-22-33(23-32,24-32)25-35-37(31(7,8)9,29-16-12-10-13-17-29)30-18-14-11-15-19-30/h10-19,26-28H,22-25H2,1-9H3. The second-order valence-electron chi connectivity index (χ2n) is 14.0. The van der Waals surface area contributed by atoms with Crippen molar-refractivity contribution >= 4 is 28.2 Å². The molecule has 198 valence electrons. The summed E-state index contributed by atoms with van der Waals surface area (Å²) in [5.41, 5.74) is 4.35. The molecule has 0 spiro atoms. The number of hydrogen-bond acceptors (Lipinski definition) is 1. The molecule has 3 heteroatoms. The van der Waals surface area contributed by atoms with Gasteiger partial charge in [0.05, 0.1) is 0 Å². The Morgan fingerprint density at radius 1 is 0.784 bits per heavy atom. The van der Waals surface area contributed by atoms with Crippen LogP contribution in [0.1, 0.15) is 81.6 Å². The van der Waals surface area contributed by atoms with Crippen LogP contribution in [0.25, 0.3) is 0 Å². The van der Waals surface area contributed by atoms with Gasteiger partial charge in [0.2, 0.25) is 0 Å². The minimum Gasteiger partial charge on any atom is -0.407 e. The highest BCUT2D eigenvalue weighted by Crippen LogP contribution is 2.73. The molecule has 0 atom stereocenters. The van der Waals surface area contributed by atoms with E-state index in [2.05, 4.69) is 134 Å². The second kappa shape index (κ2) is 10.2. The predicted molar refractivity (Wildman–Crippen MR) is 163 cm³/mol. The van der Waals surface area contributed by atoms with Gasteiger partial charge in [-0.3, -0.25) is 0 Å². The first-order valence-corrected chi connectivity index (χ1v) is 17.3. The lowest BCUT2D eigenvalue weighted by Crippen LogP contribution is -2.70. The minimum absolute atomic E-state index is 0.0335. The van der Waals surface area contributed by atoms with Crippen molar-refractivity contribution in [3.8, 4) is 11.5 Å². The predicted octanol–water partition coefficient (Wildman–Crippen LogP) is 7.53. The van der Waals surface area contributed by atoms with E-state index in [0.29, 0.717) is 28.2 Å². The molecular formula is C34H48OSi2. The van der Waals surface area contributed by atoms with Crippen LogP contribution < -0.4 is 10.4 Å². The number of rotatable bonds is 9. The third kappa shape index (κ3) is 4.84. The van der Waals surface area contributed by atoms with Crippen molar-refractivity contribution < 1.29 is 4.43 Å². The van der Waals surface area contributed by atoms with Gasteiger partial charge in [-0.25, -0.2) is 0 Å². The van der Waals surface area contributed by atoms with E-state index in [4.69, 9.17) is 4.43 Å². The van der Waals surface area contributed by atoms with Crippen molar-refractivity contribution in [1.29, 1.82) is 0 Å². The van der Waals surface area contributed by atoms with Crippen LogP contribution in [0.4, 0.5) is 0 Å². The van der Waals surface area contributed by atoms with E-state index in [-0.39, 0.29) is 10.5 Å². The van der Waals surface area contributed by atoms with Crippen molar-refractivity contribution in [2.45, 2.75) is 91.7 Å². The van der Waals surface area contributed by atoms with Crippen LogP contribution in [-0.2, 0) is 4.43 Å². The van der Waals surface area contributed by atoms with Crippen LogP contribution >= 0.6 is 0 Å². The Balaban J connectivity index is 1.51. The molecule has 3 fully saturated rings. The van der Waals surface area contributed by atoms with E-state index in [1.807, 2.05) is 0 Å². The molecule has 0 aromatic heterocycles. The molecule has 0 saturated heterocycles. The van der Waals surface area contributed by atoms with Crippen molar-refractivity contribution in [1.82, 2.24) is 0 Å². The lowest BCUT2D eigenvalue weighted by molar-refractivity contribution is -0.182. The molecule has 2 bridgehead atoms.